The van der Waals surface area contributed by atoms with Crippen LogP contribution in [0.15, 0.2) is 29.2 Å². The minimum absolute atomic E-state index is 0.158. The third-order valence-corrected chi connectivity index (χ3v) is 6.26. The Morgan fingerprint density at radius 2 is 1.89 bits per heavy atom. The van der Waals surface area contributed by atoms with Gasteiger partial charge in [-0.05, 0) is 61.0 Å². The number of carbonyl (C=O) groups is 2. The molecule has 0 bridgehead atoms. The quantitative estimate of drug-likeness (QED) is 0.574. The maximum absolute atomic E-state index is 12.8. The van der Waals surface area contributed by atoms with Gasteiger partial charge in [0.25, 0.3) is 11.1 Å². The van der Waals surface area contributed by atoms with E-state index in [0.29, 0.717) is 21.6 Å². The molecular formula is C20H20Cl2N2O3S. The van der Waals surface area contributed by atoms with Crippen LogP contribution in [-0.2, 0) is 22.6 Å². The summed E-state index contributed by atoms with van der Waals surface area (Å²) < 4.78 is 7.29. The first kappa shape index (κ1) is 21.0. The Bertz CT molecular complexity index is 969. The van der Waals surface area contributed by atoms with Crippen LogP contribution in [0.1, 0.15) is 22.5 Å². The Kier molecular flexibility index (Phi) is 6.55. The lowest BCUT2D eigenvalue weighted by atomic mass is 10.2. The van der Waals surface area contributed by atoms with Gasteiger partial charge in [-0.3, -0.25) is 14.5 Å². The van der Waals surface area contributed by atoms with Gasteiger partial charge in [0.05, 0.1) is 28.1 Å². The number of imide groups is 1. The van der Waals surface area contributed by atoms with Crippen LogP contribution in [0.2, 0.25) is 10.0 Å². The summed E-state index contributed by atoms with van der Waals surface area (Å²) in [7, 11) is 1.67. The summed E-state index contributed by atoms with van der Waals surface area (Å²) in [5, 5.41) is 0.531. The van der Waals surface area contributed by atoms with Crippen LogP contribution in [0.5, 0.6) is 0 Å². The number of hydrogen-bond donors (Lipinski definition) is 0. The van der Waals surface area contributed by atoms with Crippen LogP contribution in [-0.4, -0.2) is 34.3 Å². The van der Waals surface area contributed by atoms with Crippen molar-refractivity contribution in [3.8, 4) is 0 Å². The average molecular weight is 439 g/mol. The van der Waals surface area contributed by atoms with E-state index in [2.05, 4.69) is 4.57 Å². The monoisotopic (exact) mass is 438 g/mol. The van der Waals surface area contributed by atoms with E-state index < -0.39 is 0 Å². The molecule has 1 fully saturated rings. The third-order valence-electron chi connectivity index (χ3n) is 4.62. The Balaban J connectivity index is 1.82. The normalized spacial score (nSPS) is 15.9. The molecule has 5 nitrogen and oxygen atoms in total. The summed E-state index contributed by atoms with van der Waals surface area (Å²) in [6.45, 7) is 5.51. The number of methoxy groups -OCH3 is 1. The standard InChI is InChI=1S/C20H20Cl2N2O3S/c1-12-8-15(13(2)23(12)6-7-27-3)10-18-19(25)24(20(26)28-18)11-14-4-5-16(21)17(22)9-14/h4-5,8-10H,6-7,11H2,1-3H3/b18-10-. The lowest BCUT2D eigenvalue weighted by Crippen LogP contribution is -2.27. The highest BCUT2D eigenvalue weighted by molar-refractivity contribution is 8.18. The van der Waals surface area contributed by atoms with Gasteiger partial charge in [0.15, 0.2) is 0 Å². The van der Waals surface area contributed by atoms with Crippen LogP contribution in [0.4, 0.5) is 4.79 Å². The molecule has 1 aliphatic rings. The van der Waals surface area contributed by atoms with Crippen molar-refractivity contribution in [3.63, 3.8) is 0 Å². The number of aromatic nitrogens is 1. The summed E-state index contributed by atoms with van der Waals surface area (Å²) in [4.78, 5) is 26.8. The molecule has 1 aromatic carbocycles. The lowest BCUT2D eigenvalue weighted by molar-refractivity contribution is -0.123. The first-order valence-corrected chi connectivity index (χ1v) is 10.2. The average Bonchev–Trinajstić information content (AvgIpc) is 3.06. The van der Waals surface area contributed by atoms with Crippen molar-refractivity contribution in [2.45, 2.75) is 26.9 Å². The van der Waals surface area contributed by atoms with Gasteiger partial charge in [0.1, 0.15) is 0 Å². The van der Waals surface area contributed by atoms with E-state index in [9.17, 15) is 9.59 Å². The molecule has 3 rings (SSSR count). The molecule has 148 valence electrons. The summed E-state index contributed by atoms with van der Waals surface area (Å²) in [6, 6.07) is 7.09. The molecule has 2 aromatic rings. The summed E-state index contributed by atoms with van der Waals surface area (Å²) in [5.74, 6) is -0.303. The summed E-state index contributed by atoms with van der Waals surface area (Å²) in [5.41, 5.74) is 3.78. The number of carbonyl (C=O) groups excluding carboxylic acids is 2. The predicted octanol–water partition coefficient (Wildman–Crippen LogP) is 5.29. The van der Waals surface area contributed by atoms with Crippen LogP contribution >= 0.6 is 35.0 Å². The number of aryl methyl sites for hydroxylation is 1. The van der Waals surface area contributed by atoms with E-state index in [-0.39, 0.29) is 17.7 Å². The van der Waals surface area contributed by atoms with Gasteiger partial charge in [-0.15, -0.1) is 0 Å². The molecule has 0 N–H and O–H groups in total. The van der Waals surface area contributed by atoms with Crippen LogP contribution in [0.3, 0.4) is 0 Å². The number of ether oxygens (including phenoxy) is 1. The zero-order valence-electron chi connectivity index (χ0n) is 15.8. The van der Waals surface area contributed by atoms with Crippen molar-refractivity contribution in [3.05, 3.63) is 61.7 Å². The van der Waals surface area contributed by atoms with E-state index >= 15 is 0 Å². The fourth-order valence-corrected chi connectivity index (χ4v) is 4.25. The smallest absolute Gasteiger partial charge is 0.293 e. The Morgan fingerprint density at radius 3 is 2.57 bits per heavy atom. The van der Waals surface area contributed by atoms with Crippen LogP contribution in [0.25, 0.3) is 6.08 Å². The molecule has 28 heavy (non-hydrogen) atoms. The zero-order valence-corrected chi connectivity index (χ0v) is 18.1. The topological polar surface area (TPSA) is 51.5 Å². The number of benzene rings is 1. The van der Waals surface area contributed by atoms with E-state index in [1.807, 2.05) is 19.9 Å². The first-order chi connectivity index (χ1) is 13.3. The Hall–Kier alpha value is -1.73. The van der Waals surface area contributed by atoms with Crippen molar-refractivity contribution in [1.82, 2.24) is 9.47 Å². The molecule has 1 saturated heterocycles. The highest BCUT2D eigenvalue weighted by Gasteiger charge is 2.35. The number of amides is 2. The molecule has 0 spiro atoms. The molecule has 0 radical (unpaired) electrons. The van der Waals surface area contributed by atoms with Gasteiger partial charge in [-0.1, -0.05) is 29.3 Å². The van der Waals surface area contributed by atoms with Crippen LogP contribution in [0, 0.1) is 13.8 Å². The van der Waals surface area contributed by atoms with Gasteiger partial charge in [0.2, 0.25) is 0 Å². The number of hydrogen-bond acceptors (Lipinski definition) is 4. The second kappa shape index (κ2) is 8.74. The Morgan fingerprint density at radius 1 is 1.14 bits per heavy atom. The SMILES string of the molecule is COCCn1c(C)cc(/C=C2\SC(=O)N(Cc3ccc(Cl)c(Cl)c3)C2=O)c1C. The first-order valence-electron chi connectivity index (χ1n) is 8.66. The zero-order chi connectivity index (χ0) is 20.4. The molecule has 1 aliphatic heterocycles. The van der Waals surface area contributed by atoms with Gasteiger partial charge < -0.3 is 9.30 Å². The fourth-order valence-electron chi connectivity index (χ4n) is 3.10. The van der Waals surface area contributed by atoms with Crippen molar-refractivity contribution in [2.75, 3.05) is 13.7 Å². The maximum Gasteiger partial charge on any atom is 0.293 e. The van der Waals surface area contributed by atoms with Crippen molar-refractivity contribution in [2.24, 2.45) is 0 Å². The van der Waals surface area contributed by atoms with E-state index in [1.165, 1.54) is 4.90 Å². The maximum atomic E-state index is 12.8. The van der Waals surface area contributed by atoms with Crippen molar-refractivity contribution >= 4 is 52.2 Å². The van der Waals surface area contributed by atoms with Gasteiger partial charge in [-0.2, -0.15) is 0 Å². The van der Waals surface area contributed by atoms with Gasteiger partial charge in [0, 0.05) is 25.0 Å². The fraction of sp³-hybridized carbons (Fsp3) is 0.300. The summed E-state index contributed by atoms with van der Waals surface area (Å²) >= 11 is 12.9. The molecule has 2 heterocycles. The molecule has 0 aliphatic carbocycles. The van der Waals surface area contributed by atoms with Crippen LogP contribution < -0.4 is 0 Å². The number of halogens is 2. The van der Waals surface area contributed by atoms with Gasteiger partial charge >= 0.3 is 0 Å². The number of nitrogens with zero attached hydrogens (tertiary/aromatic N) is 2. The molecule has 2 amide bonds. The molecule has 0 unspecified atom stereocenters. The second-order valence-corrected chi connectivity index (χ2v) is 8.29. The summed E-state index contributed by atoms with van der Waals surface area (Å²) in [6.07, 6.45) is 1.78. The minimum Gasteiger partial charge on any atom is -0.383 e. The molecule has 0 atom stereocenters. The van der Waals surface area contributed by atoms with E-state index in [0.717, 1.165) is 40.8 Å². The predicted molar refractivity (Wildman–Crippen MR) is 114 cm³/mol. The minimum atomic E-state index is -0.303. The van der Waals surface area contributed by atoms with Gasteiger partial charge in [-0.25, -0.2) is 0 Å². The Labute approximate surface area is 178 Å². The lowest BCUT2D eigenvalue weighted by Gasteiger charge is -2.13. The molecule has 8 heteroatoms. The number of rotatable bonds is 6. The number of thioether (sulfide) groups is 1. The van der Waals surface area contributed by atoms with E-state index in [1.54, 1.807) is 31.4 Å². The molecule has 0 saturated carbocycles. The largest absolute Gasteiger partial charge is 0.383 e. The highest BCUT2D eigenvalue weighted by Crippen LogP contribution is 2.34. The van der Waals surface area contributed by atoms with Crippen molar-refractivity contribution in [1.29, 1.82) is 0 Å². The second-order valence-electron chi connectivity index (χ2n) is 6.49. The molecule has 1 aromatic heterocycles. The van der Waals surface area contributed by atoms with E-state index in [4.69, 9.17) is 27.9 Å². The van der Waals surface area contributed by atoms with Crippen molar-refractivity contribution < 1.29 is 14.3 Å². The third kappa shape index (κ3) is 4.30. The highest BCUT2D eigenvalue weighted by atomic mass is 35.5. The molecular weight excluding hydrogens is 419 g/mol.